The standard InChI is InChI=1S/C9H19NO2S/c1-8(2)5-9(3-4-10)6-13(11,12)7-9/h8H,3-7,10H2,1-2H3. The smallest absolute Gasteiger partial charge is 0.151 e. The molecule has 0 aliphatic carbocycles. The molecule has 0 radical (unpaired) electrons. The third-order valence-corrected chi connectivity index (χ3v) is 4.67. The molecule has 0 unspecified atom stereocenters. The van der Waals surface area contributed by atoms with E-state index in [0.717, 1.165) is 12.8 Å². The predicted octanol–water partition coefficient (Wildman–Crippen LogP) is 0.796. The number of hydrogen-bond acceptors (Lipinski definition) is 3. The van der Waals surface area contributed by atoms with Crippen LogP contribution < -0.4 is 5.73 Å². The van der Waals surface area contributed by atoms with Gasteiger partial charge >= 0.3 is 0 Å². The first kappa shape index (κ1) is 11.0. The van der Waals surface area contributed by atoms with E-state index >= 15 is 0 Å². The molecule has 0 amide bonds. The van der Waals surface area contributed by atoms with Crippen molar-refractivity contribution >= 4 is 9.84 Å². The van der Waals surface area contributed by atoms with Gasteiger partial charge in [0.1, 0.15) is 0 Å². The first-order valence-electron chi connectivity index (χ1n) is 4.80. The van der Waals surface area contributed by atoms with Gasteiger partial charge in [-0.25, -0.2) is 8.42 Å². The largest absolute Gasteiger partial charge is 0.330 e. The Hall–Kier alpha value is -0.0900. The highest BCUT2D eigenvalue weighted by atomic mass is 32.2. The zero-order valence-corrected chi connectivity index (χ0v) is 9.23. The van der Waals surface area contributed by atoms with Crippen LogP contribution in [0.3, 0.4) is 0 Å². The summed E-state index contributed by atoms with van der Waals surface area (Å²) in [7, 11) is -2.71. The number of rotatable bonds is 4. The van der Waals surface area contributed by atoms with E-state index in [1.54, 1.807) is 0 Å². The molecule has 3 nitrogen and oxygen atoms in total. The fourth-order valence-corrected chi connectivity index (χ4v) is 4.73. The van der Waals surface area contributed by atoms with Gasteiger partial charge in [0, 0.05) is 0 Å². The molecule has 0 atom stereocenters. The molecule has 0 aromatic carbocycles. The molecule has 0 saturated carbocycles. The van der Waals surface area contributed by atoms with Crippen molar-refractivity contribution in [3.63, 3.8) is 0 Å². The molecule has 1 heterocycles. The maximum Gasteiger partial charge on any atom is 0.151 e. The lowest BCUT2D eigenvalue weighted by Gasteiger charge is -2.42. The van der Waals surface area contributed by atoms with Gasteiger partial charge in [0.15, 0.2) is 9.84 Å². The monoisotopic (exact) mass is 205 g/mol. The molecular formula is C9H19NO2S. The fourth-order valence-electron chi connectivity index (χ4n) is 2.43. The first-order chi connectivity index (χ1) is 5.89. The predicted molar refractivity (Wildman–Crippen MR) is 54.2 cm³/mol. The van der Waals surface area contributed by atoms with Crippen LogP contribution in [0, 0.1) is 11.3 Å². The van der Waals surface area contributed by atoms with Gasteiger partial charge in [0.25, 0.3) is 0 Å². The van der Waals surface area contributed by atoms with Crippen LogP contribution in [0.25, 0.3) is 0 Å². The molecule has 1 fully saturated rings. The molecule has 4 heteroatoms. The van der Waals surface area contributed by atoms with Gasteiger partial charge in [-0.15, -0.1) is 0 Å². The van der Waals surface area contributed by atoms with Crippen molar-refractivity contribution in [1.82, 2.24) is 0 Å². The summed E-state index contributed by atoms with van der Waals surface area (Å²) in [4.78, 5) is 0. The SMILES string of the molecule is CC(C)CC1(CCN)CS(=O)(=O)C1. The van der Waals surface area contributed by atoms with E-state index in [1.165, 1.54) is 0 Å². The summed E-state index contributed by atoms with van der Waals surface area (Å²) < 4.78 is 22.2. The summed E-state index contributed by atoms with van der Waals surface area (Å²) in [5.41, 5.74) is 5.51. The Balaban J connectivity index is 2.59. The molecule has 1 aliphatic heterocycles. The Morgan fingerprint density at radius 3 is 2.23 bits per heavy atom. The summed E-state index contributed by atoms with van der Waals surface area (Å²) >= 11 is 0. The fraction of sp³-hybridized carbons (Fsp3) is 1.00. The van der Waals surface area contributed by atoms with Gasteiger partial charge in [0.2, 0.25) is 0 Å². The molecule has 0 aromatic rings. The van der Waals surface area contributed by atoms with Gasteiger partial charge in [-0.3, -0.25) is 0 Å². The molecule has 0 spiro atoms. The summed E-state index contributed by atoms with van der Waals surface area (Å²) in [6.07, 6.45) is 1.84. The zero-order valence-electron chi connectivity index (χ0n) is 8.41. The van der Waals surface area contributed by atoms with Gasteiger partial charge in [0.05, 0.1) is 11.5 Å². The summed E-state index contributed by atoms with van der Waals surface area (Å²) in [6.45, 7) is 4.86. The van der Waals surface area contributed by atoms with Gasteiger partial charge in [-0.05, 0) is 30.7 Å². The third-order valence-electron chi connectivity index (χ3n) is 2.57. The minimum Gasteiger partial charge on any atom is -0.330 e. The van der Waals surface area contributed by atoms with Crippen LogP contribution in [0.1, 0.15) is 26.7 Å². The van der Waals surface area contributed by atoms with Crippen molar-refractivity contribution < 1.29 is 8.42 Å². The van der Waals surface area contributed by atoms with Gasteiger partial charge in [-0.1, -0.05) is 13.8 Å². The van der Waals surface area contributed by atoms with Gasteiger partial charge < -0.3 is 5.73 Å². The van der Waals surface area contributed by atoms with Crippen molar-refractivity contribution in [3.8, 4) is 0 Å². The van der Waals surface area contributed by atoms with E-state index < -0.39 is 9.84 Å². The second-order valence-corrected chi connectivity index (χ2v) is 6.73. The van der Waals surface area contributed by atoms with Crippen LogP contribution >= 0.6 is 0 Å². The quantitative estimate of drug-likeness (QED) is 0.738. The number of sulfone groups is 1. The van der Waals surface area contributed by atoms with E-state index in [9.17, 15) is 8.42 Å². The summed E-state index contributed by atoms with van der Waals surface area (Å²) in [5, 5.41) is 0. The highest BCUT2D eigenvalue weighted by molar-refractivity contribution is 7.92. The minimum atomic E-state index is -2.71. The number of hydrogen-bond donors (Lipinski definition) is 1. The molecule has 2 N–H and O–H groups in total. The Morgan fingerprint density at radius 2 is 1.92 bits per heavy atom. The Labute approximate surface area is 80.6 Å². The Kier molecular flexibility index (Phi) is 3.02. The zero-order chi connectivity index (χ0) is 10.1. The molecule has 1 saturated heterocycles. The second-order valence-electron chi connectivity index (χ2n) is 4.67. The van der Waals surface area contributed by atoms with Crippen molar-refractivity contribution in [1.29, 1.82) is 0 Å². The number of nitrogens with two attached hydrogens (primary N) is 1. The topological polar surface area (TPSA) is 60.2 Å². The van der Waals surface area contributed by atoms with E-state index in [4.69, 9.17) is 5.73 Å². The van der Waals surface area contributed by atoms with Crippen LogP contribution in [0.4, 0.5) is 0 Å². The van der Waals surface area contributed by atoms with Crippen LogP contribution in [0.5, 0.6) is 0 Å². The highest BCUT2D eigenvalue weighted by Gasteiger charge is 2.47. The molecule has 0 aromatic heterocycles. The van der Waals surface area contributed by atoms with Crippen molar-refractivity contribution in [2.75, 3.05) is 18.1 Å². The lowest BCUT2D eigenvalue weighted by atomic mass is 9.80. The Morgan fingerprint density at radius 1 is 1.38 bits per heavy atom. The van der Waals surface area contributed by atoms with E-state index in [0.29, 0.717) is 24.0 Å². The van der Waals surface area contributed by atoms with Crippen LogP contribution in [0.15, 0.2) is 0 Å². The maximum atomic E-state index is 11.1. The van der Waals surface area contributed by atoms with Crippen LogP contribution in [0.2, 0.25) is 0 Å². The van der Waals surface area contributed by atoms with Crippen molar-refractivity contribution in [3.05, 3.63) is 0 Å². The molecular weight excluding hydrogens is 186 g/mol. The highest BCUT2D eigenvalue weighted by Crippen LogP contribution is 2.41. The molecule has 1 aliphatic rings. The maximum absolute atomic E-state index is 11.1. The van der Waals surface area contributed by atoms with Crippen LogP contribution in [-0.4, -0.2) is 26.5 Å². The van der Waals surface area contributed by atoms with E-state index in [1.807, 2.05) is 0 Å². The minimum absolute atomic E-state index is 0.0156. The Bertz CT molecular complexity index is 257. The second kappa shape index (κ2) is 3.58. The first-order valence-corrected chi connectivity index (χ1v) is 6.62. The normalized spacial score (nSPS) is 24.3. The lowest BCUT2D eigenvalue weighted by Crippen LogP contribution is -2.50. The van der Waals surface area contributed by atoms with E-state index in [-0.39, 0.29) is 5.41 Å². The average molecular weight is 205 g/mol. The summed E-state index contributed by atoms with van der Waals surface area (Å²) in [6, 6.07) is 0. The molecule has 1 rings (SSSR count). The molecule has 78 valence electrons. The molecule has 0 bridgehead atoms. The van der Waals surface area contributed by atoms with Crippen LogP contribution in [-0.2, 0) is 9.84 Å². The lowest BCUT2D eigenvalue weighted by molar-refractivity contribution is 0.250. The van der Waals surface area contributed by atoms with Crippen molar-refractivity contribution in [2.24, 2.45) is 17.1 Å². The molecule has 13 heavy (non-hydrogen) atoms. The van der Waals surface area contributed by atoms with Gasteiger partial charge in [-0.2, -0.15) is 0 Å². The third kappa shape index (κ3) is 2.68. The average Bonchev–Trinajstić information content (AvgIpc) is 1.80. The van der Waals surface area contributed by atoms with E-state index in [2.05, 4.69) is 13.8 Å². The summed E-state index contributed by atoms with van der Waals surface area (Å²) in [5.74, 6) is 1.27. The van der Waals surface area contributed by atoms with Crippen molar-refractivity contribution in [2.45, 2.75) is 26.7 Å².